The number of nitrogens with zero attached hydrogens (tertiary/aromatic N) is 4. The highest BCUT2D eigenvalue weighted by Crippen LogP contribution is 2.24. The number of fused-ring (bicyclic) bond motifs is 1. The number of piperidine rings is 1. The van der Waals surface area contributed by atoms with E-state index in [0.717, 1.165) is 37.1 Å². The number of carbonyl (C=O) groups is 2. The summed E-state index contributed by atoms with van der Waals surface area (Å²) in [5, 5.41) is 2.93. The van der Waals surface area contributed by atoms with Crippen molar-refractivity contribution in [2.24, 2.45) is 0 Å². The van der Waals surface area contributed by atoms with Gasteiger partial charge in [-0.05, 0) is 37.5 Å². The van der Waals surface area contributed by atoms with Crippen LogP contribution in [0.3, 0.4) is 0 Å². The monoisotopic (exact) mass is 491 g/mol. The number of hydrogen-bond acceptors (Lipinski definition) is 5. The highest BCUT2D eigenvalue weighted by Gasteiger charge is 2.25. The van der Waals surface area contributed by atoms with Crippen molar-refractivity contribution in [3.8, 4) is 0 Å². The third-order valence-corrected chi connectivity index (χ3v) is 8.45. The predicted molar refractivity (Wildman–Crippen MR) is 132 cm³/mol. The van der Waals surface area contributed by atoms with Crippen molar-refractivity contribution in [2.45, 2.75) is 77.3 Å². The van der Waals surface area contributed by atoms with Gasteiger partial charge in [0, 0.05) is 58.5 Å². The van der Waals surface area contributed by atoms with Gasteiger partial charge in [0.2, 0.25) is 21.8 Å². The average molecular weight is 492 g/mol. The van der Waals surface area contributed by atoms with Crippen LogP contribution in [0.25, 0.3) is 11.0 Å². The maximum Gasteiger partial charge on any atom is 0.243 e. The van der Waals surface area contributed by atoms with Crippen molar-refractivity contribution in [3.63, 3.8) is 0 Å². The van der Waals surface area contributed by atoms with Crippen LogP contribution in [-0.2, 0) is 32.6 Å². The maximum atomic E-state index is 12.9. The van der Waals surface area contributed by atoms with Crippen molar-refractivity contribution >= 4 is 32.9 Å². The number of aryl methyl sites for hydroxylation is 2. The van der Waals surface area contributed by atoms with Gasteiger partial charge in [0.05, 0.1) is 15.9 Å². The molecule has 9 nitrogen and oxygen atoms in total. The number of carbonyl (C=O) groups excluding carboxylic acids is 2. The first-order valence-electron chi connectivity index (χ1n) is 12.2. The number of aromatic nitrogens is 2. The highest BCUT2D eigenvalue weighted by atomic mass is 32.2. The summed E-state index contributed by atoms with van der Waals surface area (Å²) < 4.78 is 29.4. The Hall–Kier alpha value is -2.46. The Kier molecular flexibility index (Phi) is 8.70. The van der Waals surface area contributed by atoms with Gasteiger partial charge in [-0.1, -0.05) is 20.8 Å². The summed E-state index contributed by atoms with van der Waals surface area (Å²) in [5.41, 5.74) is 1.53. The van der Waals surface area contributed by atoms with Crippen molar-refractivity contribution in [1.29, 1.82) is 0 Å². The number of hydrogen-bond donors (Lipinski definition) is 1. The van der Waals surface area contributed by atoms with E-state index in [1.807, 2.05) is 24.8 Å². The number of likely N-dealkylation sites (tertiary alicyclic amines) is 1. The Labute approximate surface area is 202 Å². The van der Waals surface area contributed by atoms with Gasteiger partial charge < -0.3 is 14.8 Å². The van der Waals surface area contributed by atoms with E-state index in [9.17, 15) is 18.0 Å². The van der Waals surface area contributed by atoms with Gasteiger partial charge in [0.15, 0.2) is 0 Å². The van der Waals surface area contributed by atoms with Crippen molar-refractivity contribution < 1.29 is 18.0 Å². The summed E-state index contributed by atoms with van der Waals surface area (Å²) in [6, 6.07) is 5.26. The van der Waals surface area contributed by atoms with E-state index < -0.39 is 10.0 Å². The Bertz CT molecular complexity index is 1120. The summed E-state index contributed by atoms with van der Waals surface area (Å²) in [6.45, 7) is 10.1. The van der Waals surface area contributed by atoms with Crippen molar-refractivity contribution in [2.75, 3.05) is 26.2 Å². The number of sulfonamides is 1. The smallest absolute Gasteiger partial charge is 0.243 e. The fourth-order valence-electron chi connectivity index (χ4n) is 4.63. The van der Waals surface area contributed by atoms with Gasteiger partial charge in [0.25, 0.3) is 0 Å². The number of benzene rings is 1. The van der Waals surface area contributed by atoms with E-state index in [2.05, 4.69) is 16.8 Å². The van der Waals surface area contributed by atoms with Crippen LogP contribution in [0.15, 0.2) is 23.1 Å². The Morgan fingerprint density at radius 3 is 2.41 bits per heavy atom. The fourth-order valence-corrected chi connectivity index (χ4v) is 6.11. The van der Waals surface area contributed by atoms with Gasteiger partial charge in [-0.25, -0.2) is 13.4 Å². The summed E-state index contributed by atoms with van der Waals surface area (Å²) in [6.07, 6.45) is 3.29. The van der Waals surface area contributed by atoms with Crippen LogP contribution in [0.4, 0.5) is 0 Å². The molecule has 1 aliphatic heterocycles. The molecule has 1 aromatic carbocycles. The second-order valence-corrected chi connectivity index (χ2v) is 10.7. The molecule has 0 bridgehead atoms. The molecule has 34 heavy (non-hydrogen) atoms. The lowest BCUT2D eigenvalue weighted by Crippen LogP contribution is -2.46. The van der Waals surface area contributed by atoms with Crippen molar-refractivity contribution in [1.82, 2.24) is 24.1 Å². The summed E-state index contributed by atoms with van der Waals surface area (Å²) >= 11 is 0. The molecule has 1 N–H and O–H groups in total. The first-order valence-corrected chi connectivity index (χ1v) is 13.7. The van der Waals surface area contributed by atoms with Crippen LogP contribution < -0.4 is 5.32 Å². The SMILES string of the molecule is CCCn1c(CCC(=O)N2CCC(NC(C)=O)CC2)nc2cc(S(=O)(=O)N(CC)CC)ccc21. The zero-order chi connectivity index (χ0) is 24.9. The van der Waals surface area contributed by atoms with Gasteiger partial charge >= 0.3 is 0 Å². The van der Waals surface area contributed by atoms with Crippen LogP contribution in [0, 0.1) is 0 Å². The summed E-state index contributed by atoms with van der Waals surface area (Å²) in [5.74, 6) is 0.851. The molecule has 0 spiro atoms. The lowest BCUT2D eigenvalue weighted by molar-refractivity contribution is -0.132. The molecular formula is C24H37N5O4S. The first-order chi connectivity index (χ1) is 16.2. The standard InChI is InChI=1S/C24H37N5O4S/c1-5-14-29-22-9-8-20(34(32,33)28(6-2)7-3)17-21(22)26-23(29)10-11-24(31)27-15-12-19(13-16-27)25-18(4)30/h8-9,17,19H,5-7,10-16H2,1-4H3,(H,25,30). The van der Waals surface area contributed by atoms with Crippen LogP contribution in [-0.4, -0.2) is 71.2 Å². The first kappa shape index (κ1) is 26.2. The van der Waals surface area contributed by atoms with Crippen LogP contribution in [0.2, 0.25) is 0 Å². The zero-order valence-corrected chi connectivity index (χ0v) is 21.5. The largest absolute Gasteiger partial charge is 0.353 e. The van der Waals surface area contributed by atoms with E-state index in [4.69, 9.17) is 4.98 Å². The molecule has 2 aromatic rings. The highest BCUT2D eigenvalue weighted by molar-refractivity contribution is 7.89. The molecular weight excluding hydrogens is 454 g/mol. The van der Waals surface area contributed by atoms with E-state index >= 15 is 0 Å². The fraction of sp³-hybridized carbons (Fsp3) is 0.625. The molecule has 188 valence electrons. The minimum Gasteiger partial charge on any atom is -0.353 e. The minimum atomic E-state index is -3.56. The molecule has 0 atom stereocenters. The van der Waals surface area contributed by atoms with Crippen LogP contribution in [0.5, 0.6) is 0 Å². The van der Waals surface area contributed by atoms with Crippen LogP contribution >= 0.6 is 0 Å². The lowest BCUT2D eigenvalue weighted by atomic mass is 10.0. The topological polar surface area (TPSA) is 105 Å². The van der Waals surface area contributed by atoms with Gasteiger partial charge in [-0.15, -0.1) is 0 Å². The number of nitrogens with one attached hydrogen (secondary N) is 1. The average Bonchev–Trinajstić information content (AvgIpc) is 3.15. The molecule has 1 aromatic heterocycles. The molecule has 1 aliphatic rings. The van der Waals surface area contributed by atoms with E-state index in [1.54, 1.807) is 12.1 Å². The third kappa shape index (κ3) is 5.78. The number of imidazole rings is 1. The Balaban J connectivity index is 1.75. The molecule has 1 saturated heterocycles. The molecule has 2 amide bonds. The van der Waals surface area contributed by atoms with Gasteiger partial charge in [-0.2, -0.15) is 4.31 Å². The number of amides is 2. The molecule has 0 unspecified atom stereocenters. The van der Waals surface area contributed by atoms with Crippen molar-refractivity contribution in [3.05, 3.63) is 24.0 Å². The van der Waals surface area contributed by atoms with E-state index in [1.165, 1.54) is 11.2 Å². The van der Waals surface area contributed by atoms with Gasteiger partial charge in [-0.3, -0.25) is 9.59 Å². The normalized spacial score (nSPS) is 15.3. The molecule has 2 heterocycles. The van der Waals surface area contributed by atoms with E-state index in [0.29, 0.717) is 44.5 Å². The molecule has 0 aliphatic carbocycles. The minimum absolute atomic E-state index is 0.0346. The van der Waals surface area contributed by atoms with Crippen LogP contribution in [0.1, 0.15) is 59.2 Å². The Morgan fingerprint density at radius 2 is 1.82 bits per heavy atom. The predicted octanol–water partition coefficient (Wildman–Crippen LogP) is 2.54. The zero-order valence-electron chi connectivity index (χ0n) is 20.7. The number of rotatable bonds is 10. The van der Waals surface area contributed by atoms with Gasteiger partial charge in [0.1, 0.15) is 5.82 Å². The molecule has 0 saturated carbocycles. The van der Waals surface area contributed by atoms with E-state index in [-0.39, 0.29) is 22.8 Å². The lowest BCUT2D eigenvalue weighted by Gasteiger charge is -2.32. The summed E-state index contributed by atoms with van der Waals surface area (Å²) in [7, 11) is -3.56. The summed E-state index contributed by atoms with van der Waals surface area (Å²) in [4.78, 5) is 30.9. The molecule has 1 fully saturated rings. The quantitative estimate of drug-likeness (QED) is 0.550. The second-order valence-electron chi connectivity index (χ2n) is 8.78. The Morgan fingerprint density at radius 1 is 1.15 bits per heavy atom. The molecule has 0 radical (unpaired) electrons. The maximum absolute atomic E-state index is 12.9. The molecule has 3 rings (SSSR count). The second kappa shape index (κ2) is 11.3. The molecule has 10 heteroatoms. The third-order valence-electron chi connectivity index (χ3n) is 6.41.